The van der Waals surface area contributed by atoms with Crippen molar-refractivity contribution in [2.45, 2.75) is 39.2 Å². The summed E-state index contributed by atoms with van der Waals surface area (Å²) < 4.78 is 0. The van der Waals surface area contributed by atoms with E-state index in [1.807, 2.05) is 6.07 Å². The van der Waals surface area contributed by atoms with Crippen LogP contribution in [0.4, 0.5) is 10.5 Å². The standard InChI is InChI=1S/C24H27N3O4/c1-16(2)13-14-24(3)22(30)27(23(31)26-24)15-20(28)17-9-11-19(12-10-17)25-21(29)18-7-5-4-6-8-18/h4-12,16H,13-15H2,1-3H3,(H,25,29)(H,26,31)/t24-/m1/s1. The van der Waals surface area contributed by atoms with Gasteiger partial charge < -0.3 is 10.6 Å². The fourth-order valence-corrected chi connectivity index (χ4v) is 3.40. The van der Waals surface area contributed by atoms with Crippen LogP contribution in [-0.4, -0.2) is 40.6 Å². The highest BCUT2D eigenvalue weighted by atomic mass is 16.2. The van der Waals surface area contributed by atoms with Gasteiger partial charge in [-0.25, -0.2) is 4.79 Å². The first kappa shape index (κ1) is 22.2. The Balaban J connectivity index is 1.62. The van der Waals surface area contributed by atoms with Crippen LogP contribution in [0.2, 0.25) is 0 Å². The number of imide groups is 1. The van der Waals surface area contributed by atoms with Crippen LogP contribution in [-0.2, 0) is 4.79 Å². The summed E-state index contributed by atoms with van der Waals surface area (Å²) >= 11 is 0. The van der Waals surface area contributed by atoms with Crippen LogP contribution < -0.4 is 10.6 Å². The van der Waals surface area contributed by atoms with Crippen molar-refractivity contribution in [1.29, 1.82) is 0 Å². The van der Waals surface area contributed by atoms with Gasteiger partial charge in [-0.15, -0.1) is 0 Å². The molecule has 1 atom stereocenters. The maximum Gasteiger partial charge on any atom is 0.325 e. The van der Waals surface area contributed by atoms with Gasteiger partial charge in [-0.1, -0.05) is 32.0 Å². The molecule has 0 aromatic heterocycles. The summed E-state index contributed by atoms with van der Waals surface area (Å²) in [6.45, 7) is 5.48. The summed E-state index contributed by atoms with van der Waals surface area (Å²) in [4.78, 5) is 51.0. The van der Waals surface area contributed by atoms with Crippen molar-refractivity contribution in [3.05, 3.63) is 65.7 Å². The van der Waals surface area contributed by atoms with Crippen LogP contribution in [0.25, 0.3) is 0 Å². The molecule has 4 amide bonds. The summed E-state index contributed by atoms with van der Waals surface area (Å²) in [5.41, 5.74) is 0.449. The first-order valence-corrected chi connectivity index (χ1v) is 10.3. The second-order valence-electron chi connectivity index (χ2n) is 8.41. The van der Waals surface area contributed by atoms with Crippen LogP contribution in [0.3, 0.4) is 0 Å². The van der Waals surface area contributed by atoms with Crippen molar-refractivity contribution in [3.8, 4) is 0 Å². The van der Waals surface area contributed by atoms with Crippen LogP contribution in [0, 0.1) is 5.92 Å². The highest BCUT2D eigenvalue weighted by Crippen LogP contribution is 2.25. The summed E-state index contributed by atoms with van der Waals surface area (Å²) in [6.07, 6.45) is 1.32. The van der Waals surface area contributed by atoms with Crippen LogP contribution in [0.5, 0.6) is 0 Å². The zero-order valence-corrected chi connectivity index (χ0v) is 18.0. The Morgan fingerprint density at radius 1 is 1.00 bits per heavy atom. The third-order valence-electron chi connectivity index (χ3n) is 5.37. The van der Waals surface area contributed by atoms with E-state index in [1.54, 1.807) is 55.5 Å². The lowest BCUT2D eigenvalue weighted by molar-refractivity contribution is -0.130. The molecule has 3 rings (SSSR count). The molecule has 1 fully saturated rings. The van der Waals surface area contributed by atoms with Gasteiger partial charge in [-0.05, 0) is 62.1 Å². The summed E-state index contributed by atoms with van der Waals surface area (Å²) in [5, 5.41) is 5.49. The maximum absolute atomic E-state index is 12.8. The van der Waals surface area contributed by atoms with Gasteiger partial charge in [-0.2, -0.15) is 0 Å². The predicted octanol–water partition coefficient (Wildman–Crippen LogP) is 3.87. The van der Waals surface area contributed by atoms with Crippen molar-refractivity contribution < 1.29 is 19.2 Å². The Bertz CT molecular complexity index is 986. The van der Waals surface area contributed by atoms with Gasteiger partial charge in [0.25, 0.3) is 11.8 Å². The Kier molecular flexibility index (Phi) is 6.53. The zero-order chi connectivity index (χ0) is 22.6. The highest BCUT2D eigenvalue weighted by Gasteiger charge is 2.47. The van der Waals surface area contributed by atoms with E-state index < -0.39 is 11.6 Å². The highest BCUT2D eigenvalue weighted by molar-refractivity contribution is 6.11. The molecule has 0 spiro atoms. The molecule has 2 aromatic carbocycles. The van der Waals surface area contributed by atoms with Gasteiger partial charge in [-0.3, -0.25) is 19.3 Å². The number of nitrogens with one attached hydrogen (secondary N) is 2. The van der Waals surface area contributed by atoms with E-state index in [9.17, 15) is 19.2 Å². The number of carbonyl (C=O) groups excluding carboxylic acids is 4. The average Bonchev–Trinajstić information content (AvgIpc) is 2.96. The molecule has 0 saturated carbocycles. The lowest BCUT2D eigenvalue weighted by Gasteiger charge is -2.22. The second kappa shape index (κ2) is 9.12. The van der Waals surface area contributed by atoms with E-state index in [0.29, 0.717) is 29.2 Å². The number of carbonyl (C=O) groups is 4. The fraction of sp³-hybridized carbons (Fsp3) is 0.333. The molecular formula is C24H27N3O4. The minimum Gasteiger partial charge on any atom is -0.323 e. The van der Waals surface area contributed by atoms with Gasteiger partial charge >= 0.3 is 6.03 Å². The number of ketones is 1. The molecule has 162 valence electrons. The van der Waals surface area contributed by atoms with Gasteiger partial charge in [0, 0.05) is 16.8 Å². The van der Waals surface area contributed by atoms with Gasteiger partial charge in [0.2, 0.25) is 0 Å². The minimum atomic E-state index is -0.979. The third-order valence-corrected chi connectivity index (χ3v) is 5.37. The number of hydrogen-bond donors (Lipinski definition) is 2. The molecule has 7 nitrogen and oxygen atoms in total. The van der Waals surface area contributed by atoms with Crippen LogP contribution in [0.1, 0.15) is 54.3 Å². The third kappa shape index (κ3) is 5.17. The molecule has 7 heteroatoms. The molecule has 0 bridgehead atoms. The van der Waals surface area contributed by atoms with E-state index in [0.717, 1.165) is 11.3 Å². The first-order valence-electron chi connectivity index (χ1n) is 10.3. The van der Waals surface area contributed by atoms with Crippen molar-refractivity contribution in [3.63, 3.8) is 0 Å². The van der Waals surface area contributed by atoms with Crippen LogP contribution in [0.15, 0.2) is 54.6 Å². The number of Topliss-reactive ketones (excluding diaryl/α,β-unsaturated/α-hetero) is 1. The van der Waals surface area contributed by atoms with Crippen molar-refractivity contribution >= 4 is 29.3 Å². The number of rotatable bonds is 8. The molecule has 1 saturated heterocycles. The average molecular weight is 421 g/mol. The van der Waals surface area contributed by atoms with E-state index >= 15 is 0 Å². The molecular weight excluding hydrogens is 394 g/mol. The number of benzene rings is 2. The molecule has 0 radical (unpaired) electrons. The largest absolute Gasteiger partial charge is 0.325 e. The van der Waals surface area contributed by atoms with E-state index in [1.165, 1.54) is 0 Å². The summed E-state index contributed by atoms with van der Waals surface area (Å²) in [7, 11) is 0. The lowest BCUT2D eigenvalue weighted by atomic mass is 9.92. The number of nitrogens with zero attached hydrogens (tertiary/aromatic N) is 1. The van der Waals surface area contributed by atoms with Crippen LogP contribution >= 0.6 is 0 Å². The monoisotopic (exact) mass is 421 g/mol. The molecule has 0 aliphatic carbocycles. The lowest BCUT2D eigenvalue weighted by Crippen LogP contribution is -2.44. The van der Waals surface area contributed by atoms with Gasteiger partial charge in [0.05, 0.1) is 6.54 Å². The quantitative estimate of drug-likeness (QED) is 0.500. The van der Waals surface area contributed by atoms with Gasteiger partial charge in [0.15, 0.2) is 5.78 Å². The van der Waals surface area contributed by atoms with Crippen molar-refractivity contribution in [2.24, 2.45) is 5.92 Å². The van der Waals surface area contributed by atoms with E-state index in [2.05, 4.69) is 24.5 Å². The number of hydrogen-bond acceptors (Lipinski definition) is 4. The molecule has 2 aromatic rings. The predicted molar refractivity (Wildman–Crippen MR) is 118 cm³/mol. The first-order chi connectivity index (χ1) is 14.7. The van der Waals surface area contributed by atoms with Crippen molar-refractivity contribution in [1.82, 2.24) is 10.2 Å². The zero-order valence-electron chi connectivity index (χ0n) is 18.0. The molecule has 2 N–H and O–H groups in total. The molecule has 31 heavy (non-hydrogen) atoms. The topological polar surface area (TPSA) is 95.6 Å². The smallest absolute Gasteiger partial charge is 0.323 e. The minimum absolute atomic E-state index is 0.250. The Morgan fingerprint density at radius 2 is 1.65 bits per heavy atom. The number of amides is 4. The second-order valence-corrected chi connectivity index (χ2v) is 8.41. The molecule has 1 aliphatic rings. The SMILES string of the molecule is CC(C)CC[C@@]1(C)NC(=O)N(CC(=O)c2ccc(NC(=O)c3ccccc3)cc2)C1=O. The Morgan fingerprint density at radius 3 is 2.26 bits per heavy atom. The Hall–Kier alpha value is -3.48. The molecule has 0 unspecified atom stereocenters. The normalized spacial score (nSPS) is 18.3. The number of urea groups is 1. The summed E-state index contributed by atoms with van der Waals surface area (Å²) in [6, 6.07) is 14.6. The maximum atomic E-state index is 12.8. The van der Waals surface area contributed by atoms with Gasteiger partial charge in [0.1, 0.15) is 5.54 Å². The van der Waals surface area contributed by atoms with Crippen molar-refractivity contribution in [2.75, 3.05) is 11.9 Å². The summed E-state index contributed by atoms with van der Waals surface area (Å²) in [5.74, 6) is -0.575. The Labute approximate surface area is 181 Å². The van der Waals surface area contributed by atoms with E-state index in [-0.39, 0.29) is 24.1 Å². The van der Waals surface area contributed by atoms with E-state index in [4.69, 9.17) is 0 Å². The number of anilines is 1. The fourth-order valence-electron chi connectivity index (χ4n) is 3.40. The molecule has 1 heterocycles. The molecule has 1 aliphatic heterocycles.